The van der Waals surface area contributed by atoms with Gasteiger partial charge in [-0.1, -0.05) is 0 Å². The monoisotopic (exact) mass is 349 g/mol. The van der Waals surface area contributed by atoms with Crippen molar-refractivity contribution < 1.29 is 4.92 Å². The van der Waals surface area contributed by atoms with Gasteiger partial charge in [0, 0.05) is 22.2 Å². The highest BCUT2D eigenvalue weighted by atomic mass is 127. The Labute approximate surface area is 114 Å². The zero-order valence-electron chi connectivity index (χ0n) is 10.1. The molecule has 17 heavy (non-hydrogen) atoms. The number of rotatable bonds is 5. The molecular weight excluding hydrogens is 333 g/mol. The van der Waals surface area contributed by atoms with E-state index in [4.69, 9.17) is 0 Å². The van der Waals surface area contributed by atoms with Crippen molar-refractivity contribution in [2.45, 2.75) is 13.0 Å². The van der Waals surface area contributed by atoms with Crippen LogP contribution in [0.3, 0.4) is 0 Å². The molecule has 0 fully saturated rings. The molecule has 0 aliphatic carbocycles. The lowest BCUT2D eigenvalue weighted by Gasteiger charge is -2.19. The van der Waals surface area contributed by atoms with E-state index in [1.807, 2.05) is 32.0 Å². The van der Waals surface area contributed by atoms with Crippen molar-refractivity contribution in [3.63, 3.8) is 0 Å². The first-order chi connectivity index (χ1) is 7.90. The van der Waals surface area contributed by atoms with Crippen molar-refractivity contribution in [3.8, 4) is 0 Å². The summed E-state index contributed by atoms with van der Waals surface area (Å²) < 4.78 is 0.861. The van der Waals surface area contributed by atoms with Gasteiger partial charge in [0.25, 0.3) is 5.69 Å². The summed E-state index contributed by atoms with van der Waals surface area (Å²) in [5.41, 5.74) is 0.701. The number of anilines is 1. The molecule has 6 heteroatoms. The number of nitrogens with one attached hydrogen (secondary N) is 1. The van der Waals surface area contributed by atoms with E-state index in [1.165, 1.54) is 0 Å². The molecule has 0 bridgehead atoms. The fourth-order valence-corrected chi connectivity index (χ4v) is 2.11. The van der Waals surface area contributed by atoms with Gasteiger partial charge in [0.15, 0.2) is 0 Å². The molecule has 0 radical (unpaired) electrons. The Bertz CT molecular complexity index is 410. The predicted molar refractivity (Wildman–Crippen MR) is 77.5 cm³/mol. The minimum Gasteiger partial charge on any atom is -0.376 e. The summed E-state index contributed by atoms with van der Waals surface area (Å²) in [5.74, 6) is 0. The summed E-state index contributed by atoms with van der Waals surface area (Å²) in [6.45, 7) is 2.82. The lowest BCUT2D eigenvalue weighted by atomic mass is 10.2. The van der Waals surface area contributed by atoms with Crippen molar-refractivity contribution in [2.24, 2.45) is 0 Å². The molecule has 94 valence electrons. The normalized spacial score (nSPS) is 12.5. The van der Waals surface area contributed by atoms with E-state index in [-0.39, 0.29) is 16.7 Å². The van der Waals surface area contributed by atoms with Gasteiger partial charge in [-0.05, 0) is 55.7 Å². The first-order valence-electron chi connectivity index (χ1n) is 5.25. The quantitative estimate of drug-likeness (QED) is 0.504. The third-order valence-corrected chi connectivity index (χ3v) is 2.87. The van der Waals surface area contributed by atoms with E-state index in [2.05, 4.69) is 27.9 Å². The Morgan fingerprint density at radius 2 is 2.18 bits per heavy atom. The van der Waals surface area contributed by atoms with Gasteiger partial charge < -0.3 is 10.2 Å². The second kappa shape index (κ2) is 6.15. The molecule has 0 saturated heterocycles. The number of benzene rings is 1. The Kier molecular flexibility index (Phi) is 5.13. The lowest BCUT2D eigenvalue weighted by molar-refractivity contribution is -0.384. The topological polar surface area (TPSA) is 58.4 Å². The summed E-state index contributed by atoms with van der Waals surface area (Å²) in [7, 11) is 3.95. The highest BCUT2D eigenvalue weighted by Gasteiger charge is 2.15. The molecule has 0 saturated carbocycles. The van der Waals surface area contributed by atoms with Crippen LogP contribution in [0.5, 0.6) is 0 Å². The van der Waals surface area contributed by atoms with Gasteiger partial charge in [0.2, 0.25) is 0 Å². The minimum absolute atomic E-state index is 0.127. The molecule has 1 N–H and O–H groups in total. The van der Waals surface area contributed by atoms with Crippen LogP contribution in [-0.2, 0) is 0 Å². The van der Waals surface area contributed by atoms with Crippen molar-refractivity contribution in [1.82, 2.24) is 4.90 Å². The van der Waals surface area contributed by atoms with Gasteiger partial charge in [-0.2, -0.15) is 0 Å². The van der Waals surface area contributed by atoms with Crippen LogP contribution < -0.4 is 5.32 Å². The zero-order chi connectivity index (χ0) is 13.0. The standard InChI is InChI=1S/C11H16IN3O2/c1-8(7-14(2)3)13-10-5-4-9(12)6-11(10)15(16)17/h4-6,8,13H,7H2,1-3H3. The smallest absolute Gasteiger partial charge is 0.293 e. The highest BCUT2D eigenvalue weighted by Crippen LogP contribution is 2.26. The zero-order valence-corrected chi connectivity index (χ0v) is 12.3. The largest absolute Gasteiger partial charge is 0.376 e. The summed E-state index contributed by atoms with van der Waals surface area (Å²) in [4.78, 5) is 12.6. The van der Waals surface area contributed by atoms with E-state index in [0.29, 0.717) is 5.69 Å². The predicted octanol–water partition coefficient (Wildman–Crippen LogP) is 2.56. The van der Waals surface area contributed by atoms with Gasteiger partial charge in [0.05, 0.1) is 4.92 Å². The van der Waals surface area contributed by atoms with Gasteiger partial charge in [-0.15, -0.1) is 0 Å². The molecule has 5 nitrogen and oxygen atoms in total. The second-order valence-corrected chi connectivity index (χ2v) is 5.47. The minimum atomic E-state index is -0.354. The second-order valence-electron chi connectivity index (χ2n) is 4.23. The van der Waals surface area contributed by atoms with Crippen molar-refractivity contribution in [3.05, 3.63) is 31.9 Å². The Morgan fingerprint density at radius 1 is 1.53 bits per heavy atom. The first kappa shape index (κ1) is 14.2. The highest BCUT2D eigenvalue weighted by molar-refractivity contribution is 14.1. The Morgan fingerprint density at radius 3 is 2.71 bits per heavy atom. The van der Waals surface area contributed by atoms with Crippen LogP contribution in [0.2, 0.25) is 0 Å². The number of hydrogen-bond donors (Lipinski definition) is 1. The molecule has 1 rings (SSSR count). The molecule has 0 aliphatic heterocycles. The van der Waals surface area contributed by atoms with Crippen molar-refractivity contribution in [2.75, 3.05) is 26.0 Å². The average molecular weight is 349 g/mol. The third-order valence-electron chi connectivity index (χ3n) is 2.20. The van der Waals surface area contributed by atoms with Crippen LogP contribution in [0.4, 0.5) is 11.4 Å². The van der Waals surface area contributed by atoms with Crippen LogP contribution in [0.15, 0.2) is 18.2 Å². The fourth-order valence-electron chi connectivity index (χ4n) is 1.64. The van der Waals surface area contributed by atoms with Crippen LogP contribution in [0.25, 0.3) is 0 Å². The van der Waals surface area contributed by atoms with Crippen LogP contribution in [-0.4, -0.2) is 36.5 Å². The van der Waals surface area contributed by atoms with Crippen LogP contribution in [0.1, 0.15) is 6.92 Å². The Balaban J connectivity index is 2.86. The number of halogens is 1. The number of nitrogens with zero attached hydrogens (tertiary/aromatic N) is 2. The molecule has 0 aromatic heterocycles. The summed E-state index contributed by atoms with van der Waals surface area (Å²) in [5, 5.41) is 14.1. The maximum Gasteiger partial charge on any atom is 0.293 e. The third kappa shape index (κ3) is 4.47. The molecule has 1 aromatic carbocycles. The fraction of sp³-hybridized carbons (Fsp3) is 0.455. The number of nitro benzene ring substituents is 1. The molecule has 0 heterocycles. The van der Waals surface area contributed by atoms with Gasteiger partial charge >= 0.3 is 0 Å². The first-order valence-corrected chi connectivity index (χ1v) is 6.33. The van der Waals surface area contributed by atoms with E-state index in [1.54, 1.807) is 12.1 Å². The molecule has 1 unspecified atom stereocenters. The molecule has 0 amide bonds. The van der Waals surface area contributed by atoms with E-state index < -0.39 is 0 Å². The number of nitro groups is 1. The van der Waals surface area contributed by atoms with Crippen molar-refractivity contribution >= 4 is 34.0 Å². The van der Waals surface area contributed by atoms with Gasteiger partial charge in [0.1, 0.15) is 5.69 Å². The number of hydrogen-bond acceptors (Lipinski definition) is 4. The average Bonchev–Trinajstić information content (AvgIpc) is 2.19. The molecule has 1 aromatic rings. The van der Waals surface area contributed by atoms with Gasteiger partial charge in [-0.3, -0.25) is 10.1 Å². The van der Waals surface area contributed by atoms with E-state index in [9.17, 15) is 10.1 Å². The van der Waals surface area contributed by atoms with E-state index >= 15 is 0 Å². The van der Waals surface area contributed by atoms with E-state index in [0.717, 1.165) is 10.1 Å². The maximum absolute atomic E-state index is 10.9. The molecule has 0 aliphatic rings. The molecule has 0 spiro atoms. The van der Waals surface area contributed by atoms with Crippen LogP contribution >= 0.6 is 22.6 Å². The van der Waals surface area contributed by atoms with Gasteiger partial charge in [-0.25, -0.2) is 0 Å². The summed E-state index contributed by atoms with van der Waals surface area (Å²) in [6, 6.07) is 5.35. The molecule has 1 atom stereocenters. The maximum atomic E-state index is 10.9. The summed E-state index contributed by atoms with van der Waals surface area (Å²) >= 11 is 2.07. The summed E-state index contributed by atoms with van der Waals surface area (Å²) in [6.07, 6.45) is 0. The van der Waals surface area contributed by atoms with Crippen LogP contribution in [0, 0.1) is 13.7 Å². The lowest BCUT2D eigenvalue weighted by Crippen LogP contribution is -2.29. The van der Waals surface area contributed by atoms with Crippen molar-refractivity contribution in [1.29, 1.82) is 0 Å². The SMILES string of the molecule is CC(CN(C)C)Nc1ccc(I)cc1[N+](=O)[O-]. The number of likely N-dealkylation sites (N-methyl/N-ethyl adjacent to an activating group) is 1. The molecular formula is C11H16IN3O2. The Hall–Kier alpha value is -0.890.